The molecule has 5 nitrogen and oxygen atoms in total. The van der Waals surface area contributed by atoms with Crippen molar-refractivity contribution in [3.05, 3.63) is 36.7 Å². The number of benzene rings is 1. The lowest BCUT2D eigenvalue weighted by molar-refractivity contribution is -0.301. The molecule has 18 heavy (non-hydrogen) atoms. The third-order valence-corrected chi connectivity index (χ3v) is 3.20. The number of aromatic nitrogens is 2. The second-order valence-corrected chi connectivity index (χ2v) is 4.38. The third kappa shape index (κ3) is 2.84. The van der Waals surface area contributed by atoms with Gasteiger partial charge in [-0.1, -0.05) is 17.8 Å². The quantitative estimate of drug-likeness (QED) is 0.744. The number of aliphatic carboxylic acids is 1. The summed E-state index contributed by atoms with van der Waals surface area (Å²) in [6.07, 6.45) is 3.39. The Kier molecular flexibility index (Phi) is 3.88. The molecule has 6 heteroatoms. The Morgan fingerprint density at radius 2 is 2.39 bits per heavy atom. The summed E-state index contributed by atoms with van der Waals surface area (Å²) in [5.41, 5.74) is 0.868. The van der Waals surface area contributed by atoms with Gasteiger partial charge in [0.15, 0.2) is 5.16 Å². The molecule has 0 spiro atoms. The molecule has 0 unspecified atom stereocenters. The molecule has 0 aliphatic heterocycles. The maximum absolute atomic E-state index is 10.5. The summed E-state index contributed by atoms with van der Waals surface area (Å²) in [7, 11) is 1.60. The number of carboxylic acids is 1. The van der Waals surface area contributed by atoms with Gasteiger partial charge in [-0.05, 0) is 12.1 Å². The van der Waals surface area contributed by atoms with E-state index in [0.717, 1.165) is 23.2 Å². The summed E-state index contributed by atoms with van der Waals surface area (Å²) >= 11 is 1.12. The van der Waals surface area contributed by atoms with Crippen LogP contribution < -0.4 is 9.84 Å². The molecule has 0 aliphatic carbocycles. The summed E-state index contributed by atoms with van der Waals surface area (Å²) in [5, 5.41) is 11.1. The van der Waals surface area contributed by atoms with Crippen LogP contribution in [-0.2, 0) is 4.79 Å². The lowest BCUT2D eigenvalue weighted by atomic mass is 10.3. The maximum atomic E-state index is 10.5. The monoisotopic (exact) mass is 263 g/mol. The molecule has 0 N–H and O–H groups in total. The van der Waals surface area contributed by atoms with Crippen LogP contribution in [0.1, 0.15) is 0 Å². The fourth-order valence-electron chi connectivity index (χ4n) is 1.48. The Bertz CT molecular complexity index is 554. The molecule has 0 saturated heterocycles. The number of carboxylic acid groups (broad SMARTS) is 1. The lowest BCUT2D eigenvalue weighted by Gasteiger charge is -2.09. The smallest absolute Gasteiger partial charge is 0.172 e. The van der Waals surface area contributed by atoms with Crippen molar-refractivity contribution in [3.63, 3.8) is 0 Å². The summed E-state index contributed by atoms with van der Waals surface area (Å²) in [6.45, 7) is 0. The van der Waals surface area contributed by atoms with Crippen molar-refractivity contribution in [3.8, 4) is 11.4 Å². The van der Waals surface area contributed by atoms with Crippen LogP contribution in [0.3, 0.4) is 0 Å². The minimum atomic E-state index is -1.11. The highest BCUT2D eigenvalue weighted by Gasteiger charge is 2.06. The average molecular weight is 263 g/mol. The fourth-order valence-corrected chi connectivity index (χ4v) is 2.16. The predicted molar refractivity (Wildman–Crippen MR) is 65.8 cm³/mol. The second-order valence-electron chi connectivity index (χ2n) is 3.44. The van der Waals surface area contributed by atoms with Crippen molar-refractivity contribution in [1.82, 2.24) is 9.55 Å². The fraction of sp³-hybridized carbons (Fsp3) is 0.167. The van der Waals surface area contributed by atoms with Crippen LogP contribution in [0.15, 0.2) is 41.8 Å². The number of ether oxygens (including phenoxy) is 1. The van der Waals surface area contributed by atoms with Gasteiger partial charge in [0.05, 0.1) is 18.8 Å². The summed E-state index contributed by atoms with van der Waals surface area (Å²) < 4.78 is 6.95. The van der Waals surface area contributed by atoms with Crippen LogP contribution in [-0.4, -0.2) is 28.4 Å². The molecule has 1 aromatic heterocycles. The maximum Gasteiger partial charge on any atom is 0.172 e. The number of methoxy groups -OCH3 is 1. The Balaban J connectivity index is 2.27. The second kappa shape index (κ2) is 5.59. The van der Waals surface area contributed by atoms with Crippen molar-refractivity contribution in [2.24, 2.45) is 0 Å². The molecular formula is C12H11N2O3S-. The Morgan fingerprint density at radius 3 is 3.11 bits per heavy atom. The van der Waals surface area contributed by atoms with Crippen molar-refractivity contribution < 1.29 is 14.6 Å². The van der Waals surface area contributed by atoms with E-state index in [1.165, 1.54) is 0 Å². The first kappa shape index (κ1) is 12.5. The van der Waals surface area contributed by atoms with Crippen LogP contribution in [0.2, 0.25) is 0 Å². The van der Waals surface area contributed by atoms with Crippen LogP contribution >= 0.6 is 11.8 Å². The molecule has 0 radical (unpaired) electrons. The highest BCUT2D eigenvalue weighted by molar-refractivity contribution is 7.99. The third-order valence-electron chi connectivity index (χ3n) is 2.26. The Labute approximate surface area is 108 Å². The van der Waals surface area contributed by atoms with Crippen molar-refractivity contribution in [1.29, 1.82) is 0 Å². The van der Waals surface area contributed by atoms with E-state index in [2.05, 4.69) is 4.98 Å². The van der Waals surface area contributed by atoms with E-state index in [1.807, 2.05) is 24.3 Å². The molecule has 2 rings (SSSR count). The number of hydrogen-bond acceptors (Lipinski definition) is 5. The van der Waals surface area contributed by atoms with Gasteiger partial charge in [-0.3, -0.25) is 4.57 Å². The molecule has 1 aromatic carbocycles. The van der Waals surface area contributed by atoms with E-state index >= 15 is 0 Å². The largest absolute Gasteiger partial charge is 0.549 e. The normalized spacial score (nSPS) is 10.3. The van der Waals surface area contributed by atoms with Gasteiger partial charge in [0.1, 0.15) is 5.75 Å². The van der Waals surface area contributed by atoms with E-state index in [-0.39, 0.29) is 5.75 Å². The lowest BCUT2D eigenvalue weighted by Crippen LogP contribution is -2.24. The van der Waals surface area contributed by atoms with Gasteiger partial charge in [0.25, 0.3) is 0 Å². The summed E-state index contributed by atoms with van der Waals surface area (Å²) in [4.78, 5) is 14.6. The Morgan fingerprint density at radius 1 is 1.56 bits per heavy atom. The average Bonchev–Trinajstić information content (AvgIpc) is 2.84. The molecule has 2 aromatic rings. The van der Waals surface area contributed by atoms with Crippen molar-refractivity contribution in [2.45, 2.75) is 5.16 Å². The number of carbonyl (C=O) groups excluding carboxylic acids is 1. The highest BCUT2D eigenvalue weighted by atomic mass is 32.2. The van der Waals surface area contributed by atoms with E-state index in [4.69, 9.17) is 4.74 Å². The van der Waals surface area contributed by atoms with E-state index in [1.54, 1.807) is 24.1 Å². The predicted octanol–water partition coefficient (Wildman–Crippen LogP) is 0.723. The molecule has 94 valence electrons. The summed E-state index contributed by atoms with van der Waals surface area (Å²) in [5.74, 6) is -0.502. The number of rotatable bonds is 5. The van der Waals surface area contributed by atoms with E-state index in [0.29, 0.717) is 5.16 Å². The minimum absolute atomic E-state index is 0.124. The van der Waals surface area contributed by atoms with Crippen LogP contribution in [0.5, 0.6) is 5.75 Å². The molecule has 0 bridgehead atoms. The van der Waals surface area contributed by atoms with Gasteiger partial charge in [-0.2, -0.15) is 0 Å². The topological polar surface area (TPSA) is 67.2 Å². The number of nitrogens with zero attached hydrogens (tertiary/aromatic N) is 2. The van der Waals surface area contributed by atoms with Gasteiger partial charge in [0.2, 0.25) is 0 Å². The molecule has 0 fully saturated rings. The van der Waals surface area contributed by atoms with E-state index < -0.39 is 5.97 Å². The molecule has 0 saturated carbocycles. The molecule has 1 heterocycles. The number of imidazole rings is 1. The molecule has 0 atom stereocenters. The standard InChI is InChI=1S/C12H12N2O3S/c1-17-10-4-2-3-9(7-10)14-6-5-13-12(14)18-8-11(15)16/h2-7H,8H2,1H3,(H,15,16)/p-1. The van der Waals surface area contributed by atoms with Gasteiger partial charge >= 0.3 is 0 Å². The zero-order chi connectivity index (χ0) is 13.0. The molecular weight excluding hydrogens is 252 g/mol. The first-order valence-corrected chi connectivity index (χ1v) is 6.19. The Hall–Kier alpha value is -1.95. The first-order chi connectivity index (χ1) is 8.70. The molecule has 0 aliphatic rings. The highest BCUT2D eigenvalue weighted by Crippen LogP contribution is 2.22. The number of hydrogen-bond donors (Lipinski definition) is 0. The minimum Gasteiger partial charge on any atom is -0.549 e. The van der Waals surface area contributed by atoms with E-state index in [9.17, 15) is 9.90 Å². The van der Waals surface area contributed by atoms with Crippen LogP contribution in [0.25, 0.3) is 5.69 Å². The van der Waals surface area contributed by atoms with Crippen LogP contribution in [0, 0.1) is 0 Å². The molecule has 0 amide bonds. The van der Waals surface area contributed by atoms with Gasteiger partial charge in [-0.15, -0.1) is 0 Å². The first-order valence-electron chi connectivity index (χ1n) is 5.21. The number of carbonyl (C=O) groups is 1. The van der Waals surface area contributed by atoms with Crippen molar-refractivity contribution >= 4 is 17.7 Å². The van der Waals surface area contributed by atoms with Gasteiger partial charge in [0, 0.05) is 24.2 Å². The summed E-state index contributed by atoms with van der Waals surface area (Å²) in [6, 6.07) is 7.45. The van der Waals surface area contributed by atoms with Crippen molar-refractivity contribution in [2.75, 3.05) is 12.9 Å². The van der Waals surface area contributed by atoms with Gasteiger partial charge in [-0.25, -0.2) is 4.98 Å². The zero-order valence-corrected chi connectivity index (χ0v) is 10.5. The SMILES string of the molecule is COc1cccc(-n2ccnc2SCC(=O)[O-])c1. The van der Waals surface area contributed by atoms with Crippen LogP contribution in [0.4, 0.5) is 0 Å². The zero-order valence-electron chi connectivity index (χ0n) is 9.70. The number of thioether (sulfide) groups is 1. The van der Waals surface area contributed by atoms with Gasteiger partial charge < -0.3 is 14.6 Å².